The Morgan fingerprint density at radius 1 is 1.03 bits per heavy atom. The summed E-state index contributed by atoms with van der Waals surface area (Å²) in [5, 5.41) is 13.4. The van der Waals surface area contributed by atoms with Crippen LogP contribution in [0.5, 0.6) is 0 Å². The molecule has 3 heterocycles. The number of benzene rings is 2. The molecule has 2 aromatic carbocycles. The van der Waals surface area contributed by atoms with Gasteiger partial charge in [-0.3, -0.25) is 4.57 Å². The van der Waals surface area contributed by atoms with E-state index in [2.05, 4.69) is 58.8 Å². The van der Waals surface area contributed by atoms with E-state index in [1.807, 2.05) is 20.0 Å². The molecule has 0 amide bonds. The topological polar surface area (TPSA) is 58.5 Å². The first-order valence-electron chi connectivity index (χ1n) is 10.3. The van der Waals surface area contributed by atoms with Gasteiger partial charge in [-0.1, -0.05) is 13.8 Å². The number of fused-ring (bicyclic) bond motifs is 4. The molecule has 2 aromatic heterocycles. The predicted octanol–water partition coefficient (Wildman–Crippen LogP) is 5.49. The summed E-state index contributed by atoms with van der Waals surface area (Å²) in [5.74, 6) is 1.56. The number of aryl methyl sites for hydroxylation is 3. The fourth-order valence-electron chi connectivity index (χ4n) is 4.80. The van der Waals surface area contributed by atoms with Crippen LogP contribution in [0.25, 0.3) is 27.7 Å². The summed E-state index contributed by atoms with van der Waals surface area (Å²) in [6, 6.07) is 5.40. The molecule has 0 spiro atoms. The van der Waals surface area contributed by atoms with Gasteiger partial charge in [0.2, 0.25) is 0 Å². The number of nitrogens with zero attached hydrogens (tertiary/aromatic N) is 3. The van der Waals surface area contributed by atoms with Crippen molar-refractivity contribution in [1.29, 1.82) is 0 Å². The second-order valence-corrected chi connectivity index (χ2v) is 9.08. The minimum Gasteiger partial charge on any atom is -0.382 e. The van der Waals surface area contributed by atoms with E-state index in [-0.39, 0.29) is 11.2 Å². The first kappa shape index (κ1) is 18.9. The van der Waals surface area contributed by atoms with Crippen LogP contribution in [-0.2, 0) is 5.41 Å². The number of hydrogen-bond acceptors (Lipinski definition) is 3. The third kappa shape index (κ3) is 2.52. The van der Waals surface area contributed by atoms with E-state index in [1.54, 1.807) is 12.1 Å². The standard InChI is InChI=1S/C24H26FN5/c1-12-7-19-22(30-15(4)28-29-23(30)24(5,6)11-27-19)14(3)20(12)18-9-16(25)8-17-13(2)10-26-21(17)18/h7-10,26-27H,11H2,1-6H3. The van der Waals surface area contributed by atoms with E-state index in [0.717, 1.165) is 68.3 Å². The highest BCUT2D eigenvalue weighted by atomic mass is 19.1. The van der Waals surface area contributed by atoms with Crippen LogP contribution in [0.3, 0.4) is 0 Å². The molecule has 0 saturated carbocycles. The fraction of sp³-hybridized carbons (Fsp3) is 0.333. The third-order valence-electron chi connectivity index (χ3n) is 6.35. The van der Waals surface area contributed by atoms with Crippen molar-refractivity contribution in [2.45, 2.75) is 47.0 Å². The molecule has 0 atom stereocenters. The molecular weight excluding hydrogens is 377 g/mol. The molecule has 0 radical (unpaired) electrons. The quantitative estimate of drug-likeness (QED) is 0.442. The van der Waals surface area contributed by atoms with Crippen LogP contribution in [0.15, 0.2) is 24.4 Å². The molecule has 4 aromatic rings. The minimum absolute atomic E-state index is 0.177. The van der Waals surface area contributed by atoms with Crippen LogP contribution < -0.4 is 5.32 Å². The number of halogens is 1. The maximum absolute atomic E-state index is 14.6. The van der Waals surface area contributed by atoms with Gasteiger partial charge in [0.1, 0.15) is 17.5 Å². The lowest BCUT2D eigenvalue weighted by Gasteiger charge is -2.21. The lowest BCUT2D eigenvalue weighted by atomic mass is 9.91. The predicted molar refractivity (Wildman–Crippen MR) is 119 cm³/mol. The second-order valence-electron chi connectivity index (χ2n) is 9.08. The van der Waals surface area contributed by atoms with E-state index in [4.69, 9.17) is 0 Å². The smallest absolute Gasteiger partial charge is 0.145 e. The molecule has 5 nitrogen and oxygen atoms in total. The zero-order chi connectivity index (χ0) is 21.4. The summed E-state index contributed by atoms with van der Waals surface area (Å²) in [7, 11) is 0. The normalized spacial score (nSPS) is 14.9. The van der Waals surface area contributed by atoms with E-state index < -0.39 is 0 Å². The number of anilines is 1. The van der Waals surface area contributed by atoms with Gasteiger partial charge in [-0.15, -0.1) is 10.2 Å². The maximum atomic E-state index is 14.6. The number of hydrogen-bond donors (Lipinski definition) is 2. The molecule has 30 heavy (non-hydrogen) atoms. The lowest BCUT2D eigenvalue weighted by Crippen LogP contribution is -2.28. The summed E-state index contributed by atoms with van der Waals surface area (Å²) in [6.07, 6.45) is 1.94. The van der Waals surface area contributed by atoms with Gasteiger partial charge in [0.25, 0.3) is 0 Å². The Kier molecular flexibility index (Phi) is 3.88. The Balaban J connectivity index is 1.88. The number of aromatic amines is 1. The van der Waals surface area contributed by atoms with Crippen molar-refractivity contribution in [3.05, 3.63) is 58.6 Å². The fourth-order valence-corrected chi connectivity index (χ4v) is 4.80. The van der Waals surface area contributed by atoms with E-state index in [9.17, 15) is 4.39 Å². The van der Waals surface area contributed by atoms with Gasteiger partial charge in [-0.2, -0.15) is 0 Å². The van der Waals surface area contributed by atoms with Gasteiger partial charge in [0.05, 0.1) is 16.9 Å². The van der Waals surface area contributed by atoms with Crippen molar-refractivity contribution in [2.75, 3.05) is 11.9 Å². The van der Waals surface area contributed by atoms with Crippen LogP contribution in [0.4, 0.5) is 10.1 Å². The molecule has 0 bridgehead atoms. The average Bonchev–Trinajstić information content (AvgIpc) is 3.20. The Bertz CT molecular complexity index is 1330. The first-order chi connectivity index (χ1) is 14.2. The summed E-state index contributed by atoms with van der Waals surface area (Å²) >= 11 is 0. The van der Waals surface area contributed by atoms with Crippen molar-refractivity contribution in [3.8, 4) is 16.8 Å². The van der Waals surface area contributed by atoms with Gasteiger partial charge in [-0.25, -0.2) is 4.39 Å². The van der Waals surface area contributed by atoms with Gasteiger partial charge in [0, 0.05) is 29.1 Å². The van der Waals surface area contributed by atoms with Crippen LogP contribution in [0.2, 0.25) is 0 Å². The van der Waals surface area contributed by atoms with Crippen molar-refractivity contribution < 1.29 is 4.39 Å². The molecule has 0 unspecified atom stereocenters. The van der Waals surface area contributed by atoms with E-state index >= 15 is 0 Å². The van der Waals surface area contributed by atoms with Crippen molar-refractivity contribution in [3.63, 3.8) is 0 Å². The van der Waals surface area contributed by atoms with Crippen molar-refractivity contribution in [2.24, 2.45) is 0 Å². The zero-order valence-electron chi connectivity index (χ0n) is 18.2. The molecular formula is C24H26FN5. The van der Waals surface area contributed by atoms with Crippen LogP contribution in [0.1, 0.15) is 42.2 Å². The lowest BCUT2D eigenvalue weighted by molar-refractivity contribution is 0.513. The Morgan fingerprint density at radius 3 is 2.57 bits per heavy atom. The highest BCUT2D eigenvalue weighted by Gasteiger charge is 2.33. The Morgan fingerprint density at radius 2 is 1.80 bits per heavy atom. The Labute approximate surface area is 175 Å². The first-order valence-corrected chi connectivity index (χ1v) is 10.3. The third-order valence-corrected chi connectivity index (χ3v) is 6.35. The molecule has 6 heteroatoms. The van der Waals surface area contributed by atoms with Gasteiger partial charge in [-0.05, 0) is 68.1 Å². The molecule has 5 rings (SSSR count). The molecule has 0 fully saturated rings. The van der Waals surface area contributed by atoms with E-state index in [0.29, 0.717) is 0 Å². The molecule has 0 aliphatic carbocycles. The number of H-pyrrole nitrogens is 1. The summed E-state index contributed by atoms with van der Waals surface area (Å²) in [5.41, 5.74) is 8.02. The largest absolute Gasteiger partial charge is 0.382 e. The summed E-state index contributed by atoms with van der Waals surface area (Å²) < 4.78 is 16.8. The number of aromatic nitrogens is 4. The summed E-state index contributed by atoms with van der Waals surface area (Å²) in [6.45, 7) is 13.3. The van der Waals surface area contributed by atoms with Crippen LogP contribution in [0, 0.1) is 33.5 Å². The van der Waals surface area contributed by atoms with E-state index in [1.165, 1.54) is 0 Å². The van der Waals surface area contributed by atoms with Crippen LogP contribution in [-0.4, -0.2) is 26.3 Å². The van der Waals surface area contributed by atoms with Crippen molar-refractivity contribution >= 4 is 16.6 Å². The zero-order valence-corrected chi connectivity index (χ0v) is 18.2. The van der Waals surface area contributed by atoms with Crippen LogP contribution >= 0.6 is 0 Å². The average molecular weight is 404 g/mol. The maximum Gasteiger partial charge on any atom is 0.145 e. The van der Waals surface area contributed by atoms with Gasteiger partial charge < -0.3 is 10.3 Å². The molecule has 2 N–H and O–H groups in total. The molecule has 1 aliphatic rings. The molecule has 154 valence electrons. The Hall–Kier alpha value is -3.15. The minimum atomic E-state index is -0.227. The number of nitrogens with one attached hydrogen (secondary N) is 2. The summed E-state index contributed by atoms with van der Waals surface area (Å²) in [4.78, 5) is 3.35. The molecule has 0 saturated heterocycles. The number of rotatable bonds is 1. The second kappa shape index (κ2) is 6.17. The highest BCUT2D eigenvalue weighted by Crippen LogP contribution is 2.42. The van der Waals surface area contributed by atoms with Gasteiger partial charge in [0.15, 0.2) is 0 Å². The van der Waals surface area contributed by atoms with Crippen molar-refractivity contribution in [1.82, 2.24) is 19.7 Å². The van der Waals surface area contributed by atoms with Gasteiger partial charge >= 0.3 is 0 Å². The monoisotopic (exact) mass is 403 g/mol. The molecule has 1 aliphatic heterocycles. The SMILES string of the molecule is Cc1cc2c(c(C)c1-c1cc(F)cc3c(C)c[nH]c13)-n1c(C)nnc1C(C)(C)CN2. The highest BCUT2D eigenvalue weighted by molar-refractivity contribution is 5.99.